The molecular weight excluding hydrogens is 284 g/mol. The molecule has 0 N–H and O–H groups in total. The molecule has 0 aliphatic rings. The van der Waals surface area contributed by atoms with Crippen LogP contribution in [0.15, 0.2) is 36.4 Å². The van der Waals surface area contributed by atoms with E-state index in [2.05, 4.69) is 0 Å². The van der Waals surface area contributed by atoms with E-state index < -0.39 is 22.8 Å². The van der Waals surface area contributed by atoms with Crippen LogP contribution in [0.1, 0.15) is 16.5 Å². The minimum Gasteiger partial charge on any atom is -0.207 e. The second-order valence-electron chi connectivity index (χ2n) is 3.70. The van der Waals surface area contributed by atoms with E-state index in [0.29, 0.717) is 5.56 Å². The fraction of sp³-hybridized carbons (Fsp3) is 0.0769. The van der Waals surface area contributed by atoms with Gasteiger partial charge in [-0.05, 0) is 35.9 Å². The van der Waals surface area contributed by atoms with Crippen LogP contribution in [0, 0.1) is 17.5 Å². The Balaban J connectivity index is 2.44. The van der Waals surface area contributed by atoms with Crippen molar-refractivity contribution in [2.45, 2.75) is 5.38 Å². The molecule has 0 aromatic heterocycles. The Morgan fingerprint density at radius 1 is 0.889 bits per heavy atom. The molecule has 2 aromatic carbocycles. The van der Waals surface area contributed by atoms with Gasteiger partial charge in [0.05, 0.1) is 10.4 Å². The standard InChI is InChI=1S/C13H7Cl2F3/c14-10-5-7(1-3-12(10)18)13(15)9-6-8(16)2-4-11(9)17/h1-6,13H. The van der Waals surface area contributed by atoms with Crippen LogP contribution in [0.25, 0.3) is 0 Å². The number of hydrogen-bond acceptors (Lipinski definition) is 0. The van der Waals surface area contributed by atoms with Crippen LogP contribution in [-0.4, -0.2) is 0 Å². The van der Waals surface area contributed by atoms with Crippen molar-refractivity contribution in [1.29, 1.82) is 0 Å². The van der Waals surface area contributed by atoms with Gasteiger partial charge in [0, 0.05) is 5.56 Å². The van der Waals surface area contributed by atoms with Crippen molar-refractivity contribution in [2.24, 2.45) is 0 Å². The zero-order chi connectivity index (χ0) is 13.3. The number of alkyl halides is 1. The zero-order valence-corrected chi connectivity index (χ0v) is 10.4. The van der Waals surface area contributed by atoms with Gasteiger partial charge in [-0.2, -0.15) is 0 Å². The lowest BCUT2D eigenvalue weighted by Gasteiger charge is -2.12. The Morgan fingerprint density at radius 3 is 2.22 bits per heavy atom. The number of rotatable bonds is 2. The molecular formula is C13H7Cl2F3. The van der Waals surface area contributed by atoms with Gasteiger partial charge in [0.2, 0.25) is 0 Å². The maximum Gasteiger partial charge on any atom is 0.141 e. The molecule has 0 radical (unpaired) electrons. The molecule has 0 aliphatic heterocycles. The molecule has 0 fully saturated rings. The van der Waals surface area contributed by atoms with Crippen molar-refractivity contribution >= 4 is 23.2 Å². The van der Waals surface area contributed by atoms with Gasteiger partial charge < -0.3 is 0 Å². The van der Waals surface area contributed by atoms with Crippen molar-refractivity contribution in [3.05, 3.63) is 70.0 Å². The first-order valence-electron chi connectivity index (χ1n) is 5.03. The summed E-state index contributed by atoms with van der Waals surface area (Å²) >= 11 is 11.7. The fourth-order valence-corrected chi connectivity index (χ4v) is 2.05. The van der Waals surface area contributed by atoms with Crippen LogP contribution < -0.4 is 0 Å². The van der Waals surface area contributed by atoms with Crippen LogP contribution in [0.2, 0.25) is 5.02 Å². The van der Waals surface area contributed by atoms with Crippen LogP contribution in [0.5, 0.6) is 0 Å². The SMILES string of the molecule is Fc1ccc(F)c(C(Cl)c2ccc(F)c(Cl)c2)c1. The summed E-state index contributed by atoms with van der Waals surface area (Å²) in [6.07, 6.45) is 0. The lowest BCUT2D eigenvalue weighted by Crippen LogP contribution is -1.98. The molecule has 0 aliphatic carbocycles. The Kier molecular flexibility index (Phi) is 3.83. The molecule has 0 amide bonds. The summed E-state index contributed by atoms with van der Waals surface area (Å²) in [7, 11) is 0. The highest BCUT2D eigenvalue weighted by atomic mass is 35.5. The lowest BCUT2D eigenvalue weighted by molar-refractivity contribution is 0.587. The maximum atomic E-state index is 13.5. The lowest BCUT2D eigenvalue weighted by atomic mass is 10.0. The van der Waals surface area contributed by atoms with Crippen LogP contribution in [0.4, 0.5) is 13.2 Å². The Bertz CT molecular complexity index is 584. The summed E-state index contributed by atoms with van der Waals surface area (Å²) in [4.78, 5) is 0. The summed E-state index contributed by atoms with van der Waals surface area (Å²) in [5.74, 6) is -1.81. The van der Waals surface area contributed by atoms with Crippen molar-refractivity contribution in [2.75, 3.05) is 0 Å². The van der Waals surface area contributed by atoms with Crippen LogP contribution in [-0.2, 0) is 0 Å². The summed E-state index contributed by atoms with van der Waals surface area (Å²) in [6, 6.07) is 6.79. The predicted octanol–water partition coefficient (Wildman–Crippen LogP) is 5.09. The number of benzene rings is 2. The van der Waals surface area contributed by atoms with Crippen molar-refractivity contribution < 1.29 is 13.2 Å². The van der Waals surface area contributed by atoms with Crippen molar-refractivity contribution in [3.8, 4) is 0 Å². The third kappa shape index (κ3) is 2.62. The molecule has 18 heavy (non-hydrogen) atoms. The van der Waals surface area contributed by atoms with E-state index in [1.807, 2.05) is 0 Å². The van der Waals surface area contributed by atoms with E-state index in [4.69, 9.17) is 23.2 Å². The predicted molar refractivity (Wildman–Crippen MR) is 65.5 cm³/mol. The minimum absolute atomic E-state index is 0.0145. The highest BCUT2D eigenvalue weighted by Gasteiger charge is 2.17. The summed E-state index contributed by atoms with van der Waals surface area (Å²) in [6.45, 7) is 0. The molecule has 2 aromatic rings. The molecule has 1 atom stereocenters. The number of halogens is 5. The third-order valence-corrected chi connectivity index (χ3v) is 3.24. The van der Waals surface area contributed by atoms with Crippen molar-refractivity contribution in [1.82, 2.24) is 0 Å². The average molecular weight is 291 g/mol. The summed E-state index contributed by atoms with van der Waals surface area (Å²) in [5.41, 5.74) is 0.381. The van der Waals surface area contributed by atoms with Gasteiger partial charge in [0.1, 0.15) is 17.5 Å². The van der Waals surface area contributed by atoms with Gasteiger partial charge in [0.15, 0.2) is 0 Å². The second-order valence-corrected chi connectivity index (χ2v) is 4.55. The largest absolute Gasteiger partial charge is 0.207 e. The monoisotopic (exact) mass is 290 g/mol. The fourth-order valence-electron chi connectivity index (χ4n) is 1.56. The molecule has 5 heteroatoms. The van der Waals surface area contributed by atoms with Gasteiger partial charge in [-0.25, -0.2) is 13.2 Å². The maximum absolute atomic E-state index is 13.5. The van der Waals surface area contributed by atoms with Gasteiger partial charge in [-0.1, -0.05) is 17.7 Å². The molecule has 1 unspecified atom stereocenters. The zero-order valence-electron chi connectivity index (χ0n) is 8.93. The smallest absolute Gasteiger partial charge is 0.141 e. The molecule has 0 saturated heterocycles. The van der Waals surface area contributed by atoms with Gasteiger partial charge in [0.25, 0.3) is 0 Å². The Hall–Kier alpha value is -1.19. The number of hydrogen-bond donors (Lipinski definition) is 0. The van der Waals surface area contributed by atoms with E-state index in [1.54, 1.807) is 0 Å². The Labute approximate surface area is 112 Å². The van der Waals surface area contributed by atoms with Gasteiger partial charge in [-0.3, -0.25) is 0 Å². The highest BCUT2D eigenvalue weighted by Crippen LogP contribution is 2.32. The van der Waals surface area contributed by atoms with Crippen LogP contribution >= 0.6 is 23.2 Å². The molecule has 94 valence electrons. The highest BCUT2D eigenvalue weighted by molar-refractivity contribution is 6.31. The topological polar surface area (TPSA) is 0 Å². The molecule has 0 bridgehead atoms. The van der Waals surface area contributed by atoms with Crippen LogP contribution in [0.3, 0.4) is 0 Å². The minimum atomic E-state index is -0.932. The quantitative estimate of drug-likeness (QED) is 0.676. The van der Waals surface area contributed by atoms with E-state index >= 15 is 0 Å². The summed E-state index contributed by atoms with van der Waals surface area (Å²) < 4.78 is 39.6. The molecule has 2 rings (SSSR count). The van der Waals surface area contributed by atoms with Crippen molar-refractivity contribution in [3.63, 3.8) is 0 Å². The molecule has 0 spiro atoms. The first-order valence-corrected chi connectivity index (χ1v) is 5.84. The average Bonchev–Trinajstić information content (AvgIpc) is 2.35. The first kappa shape index (κ1) is 13.2. The Morgan fingerprint density at radius 2 is 1.56 bits per heavy atom. The second kappa shape index (κ2) is 5.21. The third-order valence-electron chi connectivity index (χ3n) is 2.47. The van der Waals surface area contributed by atoms with E-state index in [0.717, 1.165) is 24.3 Å². The van der Waals surface area contributed by atoms with E-state index in [9.17, 15) is 13.2 Å². The van der Waals surface area contributed by atoms with E-state index in [1.165, 1.54) is 12.1 Å². The summed E-state index contributed by atoms with van der Waals surface area (Å²) in [5, 5.41) is -1.05. The first-order chi connectivity index (χ1) is 8.49. The molecule has 0 heterocycles. The molecule has 0 nitrogen and oxygen atoms in total. The molecule has 0 saturated carbocycles. The van der Waals surface area contributed by atoms with Gasteiger partial charge in [-0.15, -0.1) is 11.6 Å². The normalized spacial score (nSPS) is 12.5. The van der Waals surface area contributed by atoms with Gasteiger partial charge >= 0.3 is 0 Å². The van der Waals surface area contributed by atoms with E-state index in [-0.39, 0.29) is 10.6 Å².